The van der Waals surface area contributed by atoms with Crippen LogP contribution in [0.1, 0.15) is 51.1 Å². The lowest BCUT2D eigenvalue weighted by atomic mass is 10.0. The first-order valence-electron chi connectivity index (χ1n) is 12.1. The minimum absolute atomic E-state index is 0.144. The Morgan fingerprint density at radius 1 is 0.944 bits per heavy atom. The number of aliphatic hydroxyl groups excluding tert-OH is 1. The highest BCUT2D eigenvalue weighted by Crippen LogP contribution is 2.06. The van der Waals surface area contributed by atoms with Crippen molar-refractivity contribution in [2.45, 2.75) is 82.1 Å². The zero-order chi connectivity index (χ0) is 27.1. The van der Waals surface area contributed by atoms with Gasteiger partial charge in [0, 0.05) is 18.3 Å². The number of nitrogens with two attached hydrogens (primary N) is 3. The molecule has 14 nitrogen and oxygen atoms in total. The van der Waals surface area contributed by atoms with E-state index in [4.69, 9.17) is 17.2 Å². The number of carbonyl (C=O) groups excluding carboxylic acids is 3. The summed E-state index contributed by atoms with van der Waals surface area (Å²) in [4.78, 5) is 56.7. The molecule has 0 spiro atoms. The Kier molecular flexibility index (Phi) is 14.3. The van der Waals surface area contributed by atoms with Crippen LogP contribution in [0.2, 0.25) is 0 Å². The molecule has 0 aliphatic heterocycles. The van der Waals surface area contributed by atoms with Crippen LogP contribution in [0.3, 0.4) is 0 Å². The fourth-order valence-electron chi connectivity index (χ4n) is 3.44. The van der Waals surface area contributed by atoms with Gasteiger partial charge in [-0.15, -0.1) is 0 Å². The number of nitrogens with one attached hydrogen (secondary N) is 4. The first-order chi connectivity index (χ1) is 17.1. The van der Waals surface area contributed by atoms with Crippen LogP contribution in [0.5, 0.6) is 0 Å². The predicted octanol–water partition coefficient (Wildman–Crippen LogP) is -2.54. The van der Waals surface area contributed by atoms with Crippen molar-refractivity contribution >= 4 is 23.7 Å². The summed E-state index contributed by atoms with van der Waals surface area (Å²) >= 11 is 0. The molecular weight excluding hydrogens is 472 g/mol. The Bertz CT molecular complexity index is 819. The average Bonchev–Trinajstić information content (AvgIpc) is 3.33. The molecule has 5 unspecified atom stereocenters. The van der Waals surface area contributed by atoms with Crippen molar-refractivity contribution in [2.75, 3.05) is 13.1 Å². The van der Waals surface area contributed by atoms with Gasteiger partial charge in [-0.2, -0.15) is 0 Å². The maximum atomic E-state index is 13.0. The molecule has 204 valence electrons. The lowest BCUT2D eigenvalue weighted by Crippen LogP contribution is -2.59. The number of hydrogen-bond acceptors (Lipinski definition) is 9. The fourth-order valence-corrected chi connectivity index (χ4v) is 3.44. The minimum atomic E-state index is -1.44. The molecule has 0 aliphatic carbocycles. The van der Waals surface area contributed by atoms with Crippen LogP contribution in [0, 0.1) is 0 Å². The van der Waals surface area contributed by atoms with Gasteiger partial charge in [0.1, 0.15) is 18.1 Å². The van der Waals surface area contributed by atoms with E-state index in [9.17, 15) is 29.4 Å². The van der Waals surface area contributed by atoms with Gasteiger partial charge < -0.3 is 48.3 Å². The van der Waals surface area contributed by atoms with E-state index in [-0.39, 0.29) is 19.3 Å². The second-order valence-corrected chi connectivity index (χ2v) is 8.64. The van der Waals surface area contributed by atoms with Gasteiger partial charge in [-0.3, -0.25) is 14.4 Å². The summed E-state index contributed by atoms with van der Waals surface area (Å²) in [6.45, 7) is 2.06. The number of hydrogen-bond donors (Lipinski definition) is 9. The number of imidazole rings is 1. The molecule has 1 aromatic heterocycles. The summed E-state index contributed by atoms with van der Waals surface area (Å²) in [6.07, 6.45) is 4.36. The van der Waals surface area contributed by atoms with Gasteiger partial charge in [-0.25, -0.2) is 9.78 Å². The van der Waals surface area contributed by atoms with Crippen molar-refractivity contribution in [3.63, 3.8) is 0 Å². The van der Waals surface area contributed by atoms with Gasteiger partial charge in [0.2, 0.25) is 17.7 Å². The summed E-state index contributed by atoms with van der Waals surface area (Å²) in [7, 11) is 0. The third kappa shape index (κ3) is 11.1. The van der Waals surface area contributed by atoms with E-state index in [1.165, 1.54) is 19.4 Å². The number of amides is 3. The number of carboxylic acid groups (broad SMARTS) is 1. The van der Waals surface area contributed by atoms with Crippen LogP contribution in [0.4, 0.5) is 0 Å². The summed E-state index contributed by atoms with van der Waals surface area (Å²) in [5.41, 5.74) is 17.6. The molecule has 0 saturated carbocycles. The van der Waals surface area contributed by atoms with E-state index in [0.717, 1.165) is 0 Å². The molecule has 0 saturated heterocycles. The highest BCUT2D eigenvalue weighted by atomic mass is 16.4. The third-order valence-corrected chi connectivity index (χ3v) is 5.54. The second kappa shape index (κ2) is 16.6. The van der Waals surface area contributed by atoms with Gasteiger partial charge in [-0.1, -0.05) is 0 Å². The van der Waals surface area contributed by atoms with Crippen molar-refractivity contribution in [2.24, 2.45) is 17.2 Å². The number of H-pyrrole nitrogens is 1. The Balaban J connectivity index is 2.88. The Morgan fingerprint density at radius 2 is 1.53 bits per heavy atom. The highest BCUT2D eigenvalue weighted by molar-refractivity contribution is 5.94. The second-order valence-electron chi connectivity index (χ2n) is 8.64. The largest absolute Gasteiger partial charge is 0.480 e. The fraction of sp³-hybridized carbons (Fsp3) is 0.682. The SMILES string of the molecule is CC(O)C(NC(=O)C(CCCCN)NC(=O)C(N)Cc1cnc[nH]1)C(=O)NC(CCCCN)C(=O)O. The van der Waals surface area contributed by atoms with Gasteiger partial charge >= 0.3 is 5.97 Å². The number of carbonyl (C=O) groups is 4. The maximum absolute atomic E-state index is 13.0. The Hall–Kier alpha value is -3.07. The predicted molar refractivity (Wildman–Crippen MR) is 131 cm³/mol. The van der Waals surface area contributed by atoms with Gasteiger partial charge in [0.25, 0.3) is 0 Å². The van der Waals surface area contributed by atoms with Gasteiger partial charge in [-0.05, 0) is 58.5 Å². The Morgan fingerprint density at radius 3 is 2.03 bits per heavy atom. The normalized spacial score (nSPS) is 15.2. The lowest BCUT2D eigenvalue weighted by Gasteiger charge is -2.26. The molecule has 1 aromatic rings. The van der Waals surface area contributed by atoms with E-state index in [1.54, 1.807) is 0 Å². The molecular formula is C22H40N8O6. The smallest absolute Gasteiger partial charge is 0.326 e. The number of aliphatic hydroxyl groups is 1. The molecule has 5 atom stereocenters. The van der Waals surface area contributed by atoms with Gasteiger partial charge in [0.05, 0.1) is 18.5 Å². The van der Waals surface area contributed by atoms with Crippen molar-refractivity contribution in [1.82, 2.24) is 25.9 Å². The zero-order valence-electron chi connectivity index (χ0n) is 20.6. The molecule has 1 rings (SSSR count). The first-order valence-corrected chi connectivity index (χ1v) is 12.1. The number of unbranched alkanes of at least 4 members (excludes halogenated alkanes) is 2. The van der Waals surface area contributed by atoms with Crippen LogP contribution in [0.15, 0.2) is 12.5 Å². The summed E-state index contributed by atoms with van der Waals surface area (Å²) in [5, 5.41) is 26.9. The van der Waals surface area contributed by atoms with E-state index < -0.39 is 54.0 Å². The van der Waals surface area contributed by atoms with Crippen LogP contribution in [-0.4, -0.2) is 87.2 Å². The van der Waals surface area contributed by atoms with Crippen molar-refractivity contribution in [1.29, 1.82) is 0 Å². The molecule has 0 bridgehead atoms. The molecule has 0 fully saturated rings. The molecule has 36 heavy (non-hydrogen) atoms. The quantitative estimate of drug-likeness (QED) is 0.0931. The molecule has 0 aliphatic rings. The van der Waals surface area contributed by atoms with Crippen molar-refractivity contribution in [3.05, 3.63) is 18.2 Å². The minimum Gasteiger partial charge on any atom is -0.480 e. The topological polar surface area (TPSA) is 252 Å². The Labute approximate surface area is 210 Å². The first kappa shape index (κ1) is 31.0. The van der Waals surface area contributed by atoms with E-state index >= 15 is 0 Å². The number of nitrogens with zero attached hydrogens (tertiary/aromatic N) is 1. The molecule has 14 heteroatoms. The monoisotopic (exact) mass is 512 g/mol. The van der Waals surface area contributed by atoms with E-state index in [1.807, 2.05) is 0 Å². The van der Waals surface area contributed by atoms with E-state index in [2.05, 4.69) is 25.9 Å². The molecule has 1 heterocycles. The van der Waals surface area contributed by atoms with Crippen molar-refractivity contribution < 1.29 is 29.4 Å². The number of aromatic nitrogens is 2. The number of aliphatic carboxylic acids is 1. The average molecular weight is 513 g/mol. The van der Waals surface area contributed by atoms with E-state index in [0.29, 0.717) is 44.5 Å². The van der Waals surface area contributed by atoms with Crippen LogP contribution in [0.25, 0.3) is 0 Å². The summed E-state index contributed by atoms with van der Waals surface area (Å²) < 4.78 is 0. The molecule has 0 radical (unpaired) electrons. The van der Waals surface area contributed by atoms with Crippen LogP contribution >= 0.6 is 0 Å². The number of aromatic amines is 1. The third-order valence-electron chi connectivity index (χ3n) is 5.54. The summed E-state index contributed by atoms with van der Waals surface area (Å²) in [6, 6.07) is -4.66. The van der Waals surface area contributed by atoms with Gasteiger partial charge in [0.15, 0.2) is 0 Å². The maximum Gasteiger partial charge on any atom is 0.326 e. The molecule has 12 N–H and O–H groups in total. The number of carboxylic acids is 1. The standard InChI is InChI=1S/C22H40N8O6/c1-13(31)18(21(34)29-17(22(35)36)7-3-5-9-24)30-20(33)16(6-2-4-8-23)28-19(32)15(25)10-14-11-26-12-27-14/h11-13,15-18,31H,2-10,23-25H2,1H3,(H,26,27)(H,28,32)(H,29,34)(H,30,33)(H,35,36). The molecule has 0 aromatic carbocycles. The summed E-state index contributed by atoms with van der Waals surface area (Å²) in [5.74, 6) is -3.40. The number of rotatable bonds is 18. The zero-order valence-corrected chi connectivity index (χ0v) is 20.6. The lowest BCUT2D eigenvalue weighted by molar-refractivity contribution is -0.143. The van der Waals surface area contributed by atoms with Crippen LogP contribution in [-0.2, 0) is 25.6 Å². The van der Waals surface area contributed by atoms with Crippen LogP contribution < -0.4 is 33.2 Å². The highest BCUT2D eigenvalue weighted by Gasteiger charge is 2.32. The van der Waals surface area contributed by atoms with Crippen molar-refractivity contribution in [3.8, 4) is 0 Å². The molecule has 3 amide bonds.